The Morgan fingerprint density at radius 2 is 2.00 bits per heavy atom. The third kappa shape index (κ3) is 1.19. The quantitative estimate of drug-likeness (QED) is 0.604. The van der Waals surface area contributed by atoms with Crippen molar-refractivity contribution in [1.82, 2.24) is 0 Å². The Labute approximate surface area is 92.6 Å². The van der Waals surface area contributed by atoms with Crippen molar-refractivity contribution >= 4 is 0 Å². The van der Waals surface area contributed by atoms with E-state index in [1.807, 2.05) is 0 Å². The molecule has 15 heavy (non-hydrogen) atoms. The molecule has 0 aromatic rings. The minimum atomic E-state index is -0.197. The smallest absolute Gasteiger partial charge is 0.0753 e. The minimum absolute atomic E-state index is 0.197. The number of rotatable bonds is 0. The van der Waals surface area contributed by atoms with E-state index in [4.69, 9.17) is 0 Å². The molecule has 3 aliphatic carbocycles. The molecule has 5 unspecified atom stereocenters. The van der Waals surface area contributed by atoms with Crippen LogP contribution in [0.25, 0.3) is 0 Å². The van der Waals surface area contributed by atoms with Gasteiger partial charge in [-0.25, -0.2) is 0 Å². The van der Waals surface area contributed by atoms with E-state index in [1.54, 1.807) is 0 Å². The van der Waals surface area contributed by atoms with E-state index in [1.165, 1.54) is 19.3 Å². The maximum Gasteiger partial charge on any atom is 0.0753 e. The summed E-state index contributed by atoms with van der Waals surface area (Å²) in [6.07, 6.45) is 4.93. The lowest BCUT2D eigenvalue weighted by Crippen LogP contribution is -2.27. The Morgan fingerprint density at radius 3 is 2.73 bits per heavy atom. The monoisotopic (exact) mass is 206 g/mol. The standard InChI is InChI=1S/C14H22O/c1-8-11(15)7-10-6-9-4-5-14(2,3)13(9)12(8)10/h9-13,15H,1,4-7H2,2-3H3. The summed E-state index contributed by atoms with van der Waals surface area (Å²) in [4.78, 5) is 0. The summed E-state index contributed by atoms with van der Waals surface area (Å²) in [5.74, 6) is 3.14. The first-order valence-electron chi connectivity index (χ1n) is 6.37. The van der Waals surface area contributed by atoms with Crippen LogP contribution in [0.5, 0.6) is 0 Å². The fourth-order valence-corrected chi connectivity index (χ4v) is 4.85. The van der Waals surface area contributed by atoms with Crippen LogP contribution in [0.1, 0.15) is 39.5 Å². The second-order valence-corrected chi connectivity index (χ2v) is 6.66. The fourth-order valence-electron chi connectivity index (χ4n) is 4.85. The lowest BCUT2D eigenvalue weighted by atomic mass is 9.72. The molecule has 0 aromatic heterocycles. The topological polar surface area (TPSA) is 20.2 Å². The molecule has 3 aliphatic rings. The molecule has 84 valence electrons. The van der Waals surface area contributed by atoms with Gasteiger partial charge in [-0.3, -0.25) is 0 Å². The Morgan fingerprint density at radius 1 is 1.27 bits per heavy atom. The van der Waals surface area contributed by atoms with Crippen molar-refractivity contribution < 1.29 is 5.11 Å². The van der Waals surface area contributed by atoms with Gasteiger partial charge in [-0.15, -0.1) is 0 Å². The van der Waals surface area contributed by atoms with Gasteiger partial charge in [0.15, 0.2) is 0 Å². The van der Waals surface area contributed by atoms with Crippen LogP contribution in [-0.2, 0) is 0 Å². The van der Waals surface area contributed by atoms with Crippen LogP contribution < -0.4 is 0 Å². The molecule has 1 heteroatoms. The van der Waals surface area contributed by atoms with Crippen LogP contribution in [0.4, 0.5) is 0 Å². The average Bonchev–Trinajstić information content (AvgIpc) is 2.71. The number of aliphatic hydroxyl groups is 1. The number of hydrogen-bond acceptors (Lipinski definition) is 1. The van der Waals surface area contributed by atoms with Crippen LogP contribution in [-0.4, -0.2) is 11.2 Å². The van der Waals surface area contributed by atoms with Crippen LogP contribution in [0.2, 0.25) is 0 Å². The van der Waals surface area contributed by atoms with E-state index in [0.717, 1.165) is 29.7 Å². The maximum atomic E-state index is 9.89. The number of hydrogen-bond donors (Lipinski definition) is 1. The summed E-state index contributed by atoms with van der Waals surface area (Å²) < 4.78 is 0. The summed E-state index contributed by atoms with van der Waals surface area (Å²) in [6.45, 7) is 8.98. The minimum Gasteiger partial charge on any atom is -0.389 e. The van der Waals surface area contributed by atoms with Gasteiger partial charge < -0.3 is 5.11 Å². The third-order valence-corrected chi connectivity index (χ3v) is 5.45. The maximum absolute atomic E-state index is 9.89. The molecule has 0 aliphatic heterocycles. The molecule has 0 bridgehead atoms. The number of aliphatic hydroxyl groups excluding tert-OH is 1. The summed E-state index contributed by atoms with van der Waals surface area (Å²) >= 11 is 0. The van der Waals surface area contributed by atoms with Crippen LogP contribution in [0.3, 0.4) is 0 Å². The Bertz CT molecular complexity index is 304. The molecule has 5 atom stereocenters. The van der Waals surface area contributed by atoms with Crippen molar-refractivity contribution in [2.24, 2.45) is 29.1 Å². The van der Waals surface area contributed by atoms with Gasteiger partial charge in [0.25, 0.3) is 0 Å². The lowest BCUT2D eigenvalue weighted by Gasteiger charge is -2.32. The molecule has 3 rings (SSSR count). The first-order valence-corrected chi connectivity index (χ1v) is 6.37. The first-order chi connectivity index (χ1) is 7.00. The highest BCUT2D eigenvalue weighted by Gasteiger charge is 2.57. The molecule has 0 saturated heterocycles. The van der Waals surface area contributed by atoms with Gasteiger partial charge in [0, 0.05) is 0 Å². The molecule has 0 aromatic carbocycles. The predicted octanol–water partition coefficient (Wildman–Crippen LogP) is 3.00. The van der Waals surface area contributed by atoms with Crippen LogP contribution in [0, 0.1) is 29.1 Å². The van der Waals surface area contributed by atoms with E-state index < -0.39 is 0 Å². The Kier molecular flexibility index (Phi) is 1.90. The first kappa shape index (κ1) is 9.89. The molecule has 1 nitrogen and oxygen atoms in total. The van der Waals surface area contributed by atoms with Crippen molar-refractivity contribution in [3.05, 3.63) is 12.2 Å². The second kappa shape index (κ2) is 2.88. The van der Waals surface area contributed by atoms with Gasteiger partial charge in [-0.05, 0) is 60.3 Å². The van der Waals surface area contributed by atoms with Gasteiger partial charge >= 0.3 is 0 Å². The number of fused-ring (bicyclic) bond motifs is 3. The zero-order valence-electron chi connectivity index (χ0n) is 9.87. The van der Waals surface area contributed by atoms with E-state index >= 15 is 0 Å². The lowest BCUT2D eigenvalue weighted by molar-refractivity contribution is 0.182. The van der Waals surface area contributed by atoms with Crippen molar-refractivity contribution in [3.63, 3.8) is 0 Å². The highest BCUT2D eigenvalue weighted by molar-refractivity contribution is 5.22. The predicted molar refractivity (Wildman–Crippen MR) is 61.4 cm³/mol. The molecule has 0 spiro atoms. The van der Waals surface area contributed by atoms with E-state index in [0.29, 0.717) is 11.3 Å². The van der Waals surface area contributed by atoms with Crippen molar-refractivity contribution in [1.29, 1.82) is 0 Å². The normalized spacial score (nSPS) is 51.9. The largest absolute Gasteiger partial charge is 0.389 e. The van der Waals surface area contributed by atoms with Gasteiger partial charge in [0.1, 0.15) is 0 Å². The third-order valence-electron chi connectivity index (χ3n) is 5.45. The Hall–Kier alpha value is -0.300. The van der Waals surface area contributed by atoms with Gasteiger partial charge in [0.2, 0.25) is 0 Å². The highest BCUT2D eigenvalue weighted by Crippen LogP contribution is 2.63. The summed E-state index contributed by atoms with van der Waals surface area (Å²) in [5.41, 5.74) is 1.64. The van der Waals surface area contributed by atoms with E-state index in [2.05, 4.69) is 20.4 Å². The summed E-state index contributed by atoms with van der Waals surface area (Å²) in [7, 11) is 0. The molecule has 3 fully saturated rings. The molecule has 1 N–H and O–H groups in total. The van der Waals surface area contributed by atoms with E-state index in [-0.39, 0.29) is 6.10 Å². The molecule has 3 saturated carbocycles. The molecule has 0 radical (unpaired) electrons. The molecular formula is C14H22O. The van der Waals surface area contributed by atoms with Crippen molar-refractivity contribution in [2.45, 2.75) is 45.6 Å². The zero-order valence-corrected chi connectivity index (χ0v) is 9.87. The van der Waals surface area contributed by atoms with Crippen molar-refractivity contribution in [3.8, 4) is 0 Å². The molecule has 0 amide bonds. The van der Waals surface area contributed by atoms with Crippen LogP contribution >= 0.6 is 0 Å². The second-order valence-electron chi connectivity index (χ2n) is 6.66. The van der Waals surface area contributed by atoms with Gasteiger partial charge in [0.05, 0.1) is 6.10 Å². The van der Waals surface area contributed by atoms with Gasteiger partial charge in [-0.2, -0.15) is 0 Å². The zero-order chi connectivity index (χ0) is 10.8. The SMILES string of the molecule is C=C1C(O)CC2CC3CCC(C)(C)C3C12. The summed E-state index contributed by atoms with van der Waals surface area (Å²) in [6, 6.07) is 0. The van der Waals surface area contributed by atoms with E-state index in [9.17, 15) is 5.11 Å². The molecule has 0 heterocycles. The summed E-state index contributed by atoms with van der Waals surface area (Å²) in [5, 5.41) is 9.89. The Balaban J connectivity index is 1.94. The van der Waals surface area contributed by atoms with Crippen LogP contribution in [0.15, 0.2) is 12.2 Å². The fraction of sp³-hybridized carbons (Fsp3) is 0.857. The highest BCUT2D eigenvalue weighted by atomic mass is 16.3. The van der Waals surface area contributed by atoms with Crippen molar-refractivity contribution in [2.75, 3.05) is 0 Å². The average molecular weight is 206 g/mol. The van der Waals surface area contributed by atoms with Gasteiger partial charge in [-0.1, -0.05) is 20.4 Å². The molecular weight excluding hydrogens is 184 g/mol.